The molecule has 7 heteroatoms. The molecule has 0 aromatic heterocycles. The molecular weight excluding hydrogens is 276 g/mol. The Bertz CT molecular complexity index is 410. The molecule has 3 N–H and O–H groups in total. The highest BCUT2D eigenvalue weighted by Crippen LogP contribution is 2.18. The first-order valence-electron chi connectivity index (χ1n) is 7.26. The van der Waals surface area contributed by atoms with Gasteiger partial charge >= 0.3 is 11.9 Å². The van der Waals surface area contributed by atoms with Gasteiger partial charge in [-0.1, -0.05) is 13.8 Å². The Labute approximate surface area is 124 Å². The lowest BCUT2D eigenvalue weighted by Gasteiger charge is -2.27. The van der Waals surface area contributed by atoms with Gasteiger partial charge in [0.15, 0.2) is 0 Å². The highest BCUT2D eigenvalue weighted by atomic mass is 16.4. The molecule has 21 heavy (non-hydrogen) atoms. The van der Waals surface area contributed by atoms with Crippen LogP contribution in [-0.2, 0) is 14.4 Å². The van der Waals surface area contributed by atoms with Crippen molar-refractivity contribution < 1.29 is 24.6 Å². The second-order valence-electron chi connectivity index (χ2n) is 5.94. The fourth-order valence-corrected chi connectivity index (χ4v) is 2.62. The molecule has 0 spiro atoms. The molecule has 1 unspecified atom stereocenters. The fraction of sp³-hybridized carbons (Fsp3) is 0.786. The monoisotopic (exact) mass is 300 g/mol. The first-order valence-corrected chi connectivity index (χ1v) is 7.26. The summed E-state index contributed by atoms with van der Waals surface area (Å²) < 4.78 is 0. The molecule has 120 valence electrons. The predicted molar refractivity (Wildman–Crippen MR) is 75.8 cm³/mol. The summed E-state index contributed by atoms with van der Waals surface area (Å²) >= 11 is 0. The second-order valence-corrected chi connectivity index (χ2v) is 5.94. The summed E-state index contributed by atoms with van der Waals surface area (Å²) in [6.45, 7) is 5.80. The average Bonchev–Trinajstić information content (AvgIpc) is 2.85. The zero-order chi connectivity index (χ0) is 16.2. The number of hydrogen-bond donors (Lipinski definition) is 3. The molecule has 1 aliphatic rings. The molecule has 0 aromatic carbocycles. The maximum atomic E-state index is 12.3. The summed E-state index contributed by atoms with van der Waals surface area (Å²) in [7, 11) is 0. The van der Waals surface area contributed by atoms with Gasteiger partial charge in [-0.2, -0.15) is 0 Å². The van der Waals surface area contributed by atoms with Crippen molar-refractivity contribution in [1.29, 1.82) is 0 Å². The minimum atomic E-state index is -1.01. The molecule has 0 aromatic rings. The van der Waals surface area contributed by atoms with Gasteiger partial charge in [-0.25, -0.2) is 4.79 Å². The van der Waals surface area contributed by atoms with Crippen LogP contribution in [0.2, 0.25) is 0 Å². The van der Waals surface area contributed by atoms with E-state index in [0.717, 1.165) is 0 Å². The third kappa shape index (κ3) is 4.70. The van der Waals surface area contributed by atoms with Gasteiger partial charge in [-0.05, 0) is 32.1 Å². The third-order valence-corrected chi connectivity index (χ3v) is 3.65. The average molecular weight is 300 g/mol. The molecule has 3 atom stereocenters. The Kier molecular flexibility index (Phi) is 6.14. The number of amides is 1. The van der Waals surface area contributed by atoms with Gasteiger partial charge in [-0.3, -0.25) is 14.9 Å². The SMILES string of the molecule is CC(C)CC(N[C@@H](C)C(=O)N1CCC[C@H]1C(=O)O)C(=O)O. The van der Waals surface area contributed by atoms with Gasteiger partial charge in [0.05, 0.1) is 6.04 Å². The van der Waals surface area contributed by atoms with Crippen LogP contribution in [0, 0.1) is 5.92 Å². The Morgan fingerprint density at radius 3 is 2.33 bits per heavy atom. The number of carboxylic acids is 2. The van der Waals surface area contributed by atoms with Crippen molar-refractivity contribution in [3.63, 3.8) is 0 Å². The molecular formula is C14H24N2O5. The lowest BCUT2D eigenvalue weighted by molar-refractivity contribution is -0.149. The molecule has 0 bridgehead atoms. The minimum absolute atomic E-state index is 0.180. The summed E-state index contributed by atoms with van der Waals surface area (Å²) in [6.07, 6.45) is 1.52. The van der Waals surface area contributed by atoms with Crippen molar-refractivity contribution in [3.05, 3.63) is 0 Å². The van der Waals surface area contributed by atoms with E-state index in [9.17, 15) is 19.5 Å². The first-order chi connectivity index (χ1) is 9.73. The topological polar surface area (TPSA) is 107 Å². The summed E-state index contributed by atoms with van der Waals surface area (Å²) in [5.74, 6) is -2.18. The van der Waals surface area contributed by atoms with Gasteiger partial charge in [-0.15, -0.1) is 0 Å². The van der Waals surface area contributed by atoms with Gasteiger partial charge in [0.2, 0.25) is 5.91 Å². The summed E-state index contributed by atoms with van der Waals surface area (Å²) in [5, 5.41) is 21.1. The highest BCUT2D eigenvalue weighted by molar-refractivity contribution is 5.88. The lowest BCUT2D eigenvalue weighted by atomic mass is 10.0. The van der Waals surface area contributed by atoms with E-state index in [1.165, 1.54) is 4.90 Å². The zero-order valence-electron chi connectivity index (χ0n) is 12.7. The number of carbonyl (C=O) groups is 3. The van der Waals surface area contributed by atoms with E-state index in [1.807, 2.05) is 13.8 Å². The molecule has 0 radical (unpaired) electrons. The number of hydrogen-bond acceptors (Lipinski definition) is 4. The second kappa shape index (κ2) is 7.40. The highest BCUT2D eigenvalue weighted by Gasteiger charge is 2.36. The van der Waals surface area contributed by atoms with Crippen LogP contribution in [0.5, 0.6) is 0 Å². The predicted octanol–water partition coefficient (Wildman–Crippen LogP) is 0.539. The molecule has 1 amide bonds. The summed E-state index contributed by atoms with van der Waals surface area (Å²) in [4.78, 5) is 36.0. The number of carbonyl (C=O) groups excluding carboxylic acids is 1. The van der Waals surface area contributed by atoms with Crippen LogP contribution in [0.3, 0.4) is 0 Å². The molecule has 1 heterocycles. The molecule has 7 nitrogen and oxygen atoms in total. The number of aliphatic carboxylic acids is 2. The Morgan fingerprint density at radius 1 is 1.24 bits per heavy atom. The van der Waals surface area contributed by atoms with Crippen LogP contribution in [0.15, 0.2) is 0 Å². The maximum absolute atomic E-state index is 12.3. The Balaban J connectivity index is 2.68. The smallest absolute Gasteiger partial charge is 0.326 e. The fourth-order valence-electron chi connectivity index (χ4n) is 2.62. The molecule has 1 rings (SSSR count). The van der Waals surface area contributed by atoms with E-state index >= 15 is 0 Å². The van der Waals surface area contributed by atoms with Crippen LogP contribution in [-0.4, -0.2) is 57.6 Å². The van der Waals surface area contributed by atoms with Gasteiger partial charge in [0.1, 0.15) is 12.1 Å². The molecule has 1 saturated heterocycles. The zero-order valence-corrected chi connectivity index (χ0v) is 12.7. The van der Waals surface area contributed by atoms with Gasteiger partial charge < -0.3 is 15.1 Å². The molecule has 0 saturated carbocycles. The first kappa shape index (κ1) is 17.4. The van der Waals surface area contributed by atoms with Crippen LogP contribution < -0.4 is 5.32 Å². The normalized spacial score (nSPS) is 21.3. The number of likely N-dealkylation sites (tertiary alicyclic amines) is 1. The molecule has 1 aliphatic heterocycles. The van der Waals surface area contributed by atoms with Crippen molar-refractivity contribution in [2.24, 2.45) is 5.92 Å². The molecule has 1 fully saturated rings. The lowest BCUT2D eigenvalue weighted by Crippen LogP contribution is -2.53. The van der Waals surface area contributed by atoms with Crippen molar-refractivity contribution >= 4 is 17.8 Å². The van der Waals surface area contributed by atoms with E-state index < -0.39 is 30.1 Å². The van der Waals surface area contributed by atoms with Crippen molar-refractivity contribution in [2.45, 2.75) is 58.2 Å². The Morgan fingerprint density at radius 2 is 1.86 bits per heavy atom. The van der Waals surface area contributed by atoms with Crippen molar-refractivity contribution in [3.8, 4) is 0 Å². The Hall–Kier alpha value is -1.63. The van der Waals surface area contributed by atoms with Gasteiger partial charge in [0, 0.05) is 6.54 Å². The van der Waals surface area contributed by atoms with Gasteiger partial charge in [0.25, 0.3) is 0 Å². The number of nitrogens with zero attached hydrogens (tertiary/aromatic N) is 1. The number of nitrogens with one attached hydrogen (secondary N) is 1. The van der Waals surface area contributed by atoms with E-state index in [0.29, 0.717) is 25.8 Å². The summed E-state index contributed by atoms with van der Waals surface area (Å²) in [6, 6.07) is -2.32. The number of carboxylic acid groups (broad SMARTS) is 2. The summed E-state index contributed by atoms with van der Waals surface area (Å²) in [5.41, 5.74) is 0. The van der Waals surface area contributed by atoms with Crippen LogP contribution >= 0.6 is 0 Å². The standard InChI is InChI=1S/C14H24N2O5/c1-8(2)7-10(13(18)19)15-9(3)12(17)16-6-4-5-11(16)14(20)21/h8-11,15H,4-7H2,1-3H3,(H,18,19)(H,20,21)/t9-,10?,11-/m0/s1. The van der Waals surface area contributed by atoms with E-state index in [-0.39, 0.29) is 11.8 Å². The third-order valence-electron chi connectivity index (χ3n) is 3.65. The van der Waals surface area contributed by atoms with Crippen molar-refractivity contribution in [2.75, 3.05) is 6.54 Å². The van der Waals surface area contributed by atoms with E-state index in [4.69, 9.17) is 5.11 Å². The quantitative estimate of drug-likeness (QED) is 0.633. The van der Waals surface area contributed by atoms with E-state index in [1.54, 1.807) is 6.92 Å². The maximum Gasteiger partial charge on any atom is 0.326 e. The largest absolute Gasteiger partial charge is 0.480 e. The molecule has 0 aliphatic carbocycles. The van der Waals surface area contributed by atoms with Crippen molar-refractivity contribution in [1.82, 2.24) is 10.2 Å². The van der Waals surface area contributed by atoms with Crippen LogP contribution in [0.1, 0.15) is 40.0 Å². The van der Waals surface area contributed by atoms with E-state index in [2.05, 4.69) is 5.32 Å². The van der Waals surface area contributed by atoms with Crippen LogP contribution in [0.4, 0.5) is 0 Å². The van der Waals surface area contributed by atoms with Crippen LogP contribution in [0.25, 0.3) is 0 Å². The number of rotatable bonds is 7. The minimum Gasteiger partial charge on any atom is -0.480 e.